The molecule has 0 unspecified atom stereocenters. The SMILES string of the molecule is CCCCCCc1ccc(Nc2ncc(C(F)(F)F)c(Nc3cccc(Cl)c3)n2)cc1. The molecule has 0 radical (unpaired) electrons. The van der Waals surface area contributed by atoms with Crippen LogP contribution in [-0.2, 0) is 12.6 Å². The van der Waals surface area contributed by atoms with Crippen molar-refractivity contribution in [3.8, 4) is 0 Å². The van der Waals surface area contributed by atoms with E-state index in [9.17, 15) is 13.2 Å². The van der Waals surface area contributed by atoms with E-state index >= 15 is 0 Å². The zero-order valence-corrected chi connectivity index (χ0v) is 17.9. The summed E-state index contributed by atoms with van der Waals surface area (Å²) in [6.07, 6.45) is 1.95. The van der Waals surface area contributed by atoms with Crippen LogP contribution >= 0.6 is 11.6 Å². The van der Waals surface area contributed by atoms with Gasteiger partial charge in [0.2, 0.25) is 5.95 Å². The number of hydrogen-bond acceptors (Lipinski definition) is 4. The summed E-state index contributed by atoms with van der Waals surface area (Å²) in [6, 6.07) is 14.2. The van der Waals surface area contributed by atoms with Crippen molar-refractivity contribution in [2.24, 2.45) is 0 Å². The summed E-state index contributed by atoms with van der Waals surface area (Å²) in [7, 11) is 0. The van der Waals surface area contributed by atoms with Crippen LogP contribution in [-0.4, -0.2) is 9.97 Å². The van der Waals surface area contributed by atoms with E-state index in [1.54, 1.807) is 18.2 Å². The van der Waals surface area contributed by atoms with Gasteiger partial charge in [-0.25, -0.2) is 4.98 Å². The second kappa shape index (κ2) is 10.5. The molecule has 1 heterocycles. The molecule has 0 bridgehead atoms. The number of rotatable bonds is 9. The highest BCUT2D eigenvalue weighted by molar-refractivity contribution is 6.30. The third-order valence-corrected chi connectivity index (χ3v) is 4.95. The summed E-state index contributed by atoms with van der Waals surface area (Å²) in [4.78, 5) is 7.90. The van der Waals surface area contributed by atoms with Crippen molar-refractivity contribution < 1.29 is 13.2 Å². The summed E-state index contributed by atoms with van der Waals surface area (Å²) in [6.45, 7) is 2.18. The first-order valence-corrected chi connectivity index (χ1v) is 10.6. The van der Waals surface area contributed by atoms with Crippen LogP contribution in [0, 0.1) is 0 Å². The molecule has 0 aliphatic carbocycles. The van der Waals surface area contributed by atoms with Crippen molar-refractivity contribution in [3.05, 3.63) is 70.9 Å². The number of benzene rings is 2. The van der Waals surface area contributed by atoms with Gasteiger partial charge in [-0.3, -0.25) is 0 Å². The minimum absolute atomic E-state index is 0.0632. The second-order valence-corrected chi connectivity index (χ2v) is 7.66. The van der Waals surface area contributed by atoms with Gasteiger partial charge in [0.05, 0.1) is 0 Å². The van der Waals surface area contributed by atoms with Crippen LogP contribution in [0.5, 0.6) is 0 Å². The number of hydrogen-bond donors (Lipinski definition) is 2. The fraction of sp³-hybridized carbons (Fsp3) is 0.304. The molecule has 1 aromatic heterocycles. The van der Waals surface area contributed by atoms with Gasteiger partial charge in [-0.15, -0.1) is 0 Å². The molecule has 0 saturated carbocycles. The van der Waals surface area contributed by atoms with Crippen LogP contribution in [0.25, 0.3) is 0 Å². The molecule has 164 valence electrons. The van der Waals surface area contributed by atoms with Gasteiger partial charge in [0.25, 0.3) is 0 Å². The fourth-order valence-corrected chi connectivity index (χ4v) is 3.28. The van der Waals surface area contributed by atoms with Crippen molar-refractivity contribution in [3.63, 3.8) is 0 Å². The maximum Gasteiger partial charge on any atom is 0.421 e. The van der Waals surface area contributed by atoms with Crippen molar-refractivity contribution in [2.75, 3.05) is 10.6 Å². The van der Waals surface area contributed by atoms with E-state index in [1.165, 1.54) is 30.9 Å². The standard InChI is InChI=1S/C23H24ClF3N4/c1-2-3-4-5-7-16-10-12-18(13-11-16)30-22-28-15-20(23(25,26)27)21(31-22)29-19-9-6-8-17(24)14-19/h6,8-15H,2-5,7H2,1H3,(H2,28,29,30,31). The Hall–Kier alpha value is -2.80. The molecule has 8 heteroatoms. The number of anilines is 4. The maximum absolute atomic E-state index is 13.4. The Morgan fingerprint density at radius 3 is 2.39 bits per heavy atom. The molecule has 31 heavy (non-hydrogen) atoms. The number of halogens is 4. The average molecular weight is 449 g/mol. The smallest absolute Gasteiger partial charge is 0.340 e. The predicted molar refractivity (Wildman–Crippen MR) is 119 cm³/mol. The van der Waals surface area contributed by atoms with Crippen LogP contribution in [0.1, 0.15) is 43.7 Å². The number of unbranched alkanes of at least 4 members (excludes halogenated alkanes) is 3. The van der Waals surface area contributed by atoms with Gasteiger partial charge in [0.15, 0.2) is 0 Å². The zero-order chi connectivity index (χ0) is 22.3. The topological polar surface area (TPSA) is 49.8 Å². The highest BCUT2D eigenvalue weighted by atomic mass is 35.5. The lowest BCUT2D eigenvalue weighted by molar-refractivity contribution is -0.137. The quantitative estimate of drug-likeness (QED) is 0.328. The molecular weight excluding hydrogens is 425 g/mol. The van der Waals surface area contributed by atoms with Crippen LogP contribution in [0.4, 0.5) is 36.3 Å². The zero-order valence-electron chi connectivity index (χ0n) is 17.1. The Morgan fingerprint density at radius 1 is 0.935 bits per heavy atom. The minimum atomic E-state index is -4.60. The number of nitrogens with one attached hydrogen (secondary N) is 2. The number of alkyl halides is 3. The molecule has 2 N–H and O–H groups in total. The predicted octanol–water partition coefficient (Wildman–Crippen LogP) is 7.76. The summed E-state index contributed by atoms with van der Waals surface area (Å²) < 4.78 is 40.3. The van der Waals surface area contributed by atoms with Gasteiger partial charge in [0.1, 0.15) is 11.4 Å². The molecule has 0 aliphatic heterocycles. The van der Waals surface area contributed by atoms with Gasteiger partial charge < -0.3 is 10.6 Å². The molecule has 0 atom stereocenters. The Labute approximate surface area is 184 Å². The van der Waals surface area contributed by atoms with E-state index in [4.69, 9.17) is 11.6 Å². The number of aryl methyl sites for hydroxylation is 1. The van der Waals surface area contributed by atoms with Gasteiger partial charge in [-0.05, 0) is 48.7 Å². The largest absolute Gasteiger partial charge is 0.421 e. The lowest BCUT2D eigenvalue weighted by Crippen LogP contribution is -2.12. The third kappa shape index (κ3) is 6.85. The van der Waals surface area contributed by atoms with E-state index < -0.39 is 11.7 Å². The van der Waals surface area contributed by atoms with E-state index in [0.29, 0.717) is 16.4 Å². The third-order valence-electron chi connectivity index (χ3n) is 4.71. The molecule has 4 nitrogen and oxygen atoms in total. The van der Waals surface area contributed by atoms with E-state index in [-0.39, 0.29) is 11.8 Å². The molecular formula is C23H24ClF3N4. The van der Waals surface area contributed by atoms with E-state index in [0.717, 1.165) is 19.0 Å². The lowest BCUT2D eigenvalue weighted by atomic mass is 10.1. The molecule has 0 amide bonds. The van der Waals surface area contributed by atoms with Gasteiger partial charge in [-0.2, -0.15) is 18.2 Å². The Kier molecular flexibility index (Phi) is 7.74. The van der Waals surface area contributed by atoms with Crippen molar-refractivity contribution >= 4 is 34.7 Å². The Balaban J connectivity index is 1.75. The number of nitrogens with zero attached hydrogens (tertiary/aromatic N) is 2. The molecule has 3 rings (SSSR count). The molecule has 0 fully saturated rings. The Bertz CT molecular complexity index is 991. The van der Waals surface area contributed by atoms with E-state index in [2.05, 4.69) is 27.5 Å². The van der Waals surface area contributed by atoms with Crippen LogP contribution in [0.2, 0.25) is 5.02 Å². The average Bonchev–Trinajstić information content (AvgIpc) is 2.72. The highest BCUT2D eigenvalue weighted by Gasteiger charge is 2.35. The first kappa shape index (κ1) is 22.9. The van der Waals surface area contributed by atoms with Crippen molar-refractivity contribution in [1.29, 1.82) is 0 Å². The summed E-state index contributed by atoms with van der Waals surface area (Å²) in [5.41, 5.74) is 1.36. The summed E-state index contributed by atoms with van der Waals surface area (Å²) >= 11 is 5.93. The Morgan fingerprint density at radius 2 is 1.71 bits per heavy atom. The normalized spacial score (nSPS) is 11.4. The minimum Gasteiger partial charge on any atom is -0.340 e. The molecule has 0 aliphatic rings. The van der Waals surface area contributed by atoms with Crippen LogP contribution in [0.15, 0.2) is 54.7 Å². The van der Waals surface area contributed by atoms with Crippen molar-refractivity contribution in [1.82, 2.24) is 9.97 Å². The molecule has 2 aromatic carbocycles. The maximum atomic E-state index is 13.4. The lowest BCUT2D eigenvalue weighted by Gasteiger charge is -2.15. The second-order valence-electron chi connectivity index (χ2n) is 7.22. The van der Waals surface area contributed by atoms with Crippen LogP contribution < -0.4 is 10.6 Å². The first-order valence-electron chi connectivity index (χ1n) is 10.2. The highest BCUT2D eigenvalue weighted by Crippen LogP contribution is 2.35. The van der Waals surface area contributed by atoms with Gasteiger partial charge >= 0.3 is 6.18 Å². The monoisotopic (exact) mass is 448 g/mol. The molecule has 3 aromatic rings. The van der Waals surface area contributed by atoms with E-state index in [1.807, 2.05) is 24.3 Å². The molecule has 0 spiro atoms. The fourth-order valence-electron chi connectivity index (χ4n) is 3.09. The summed E-state index contributed by atoms with van der Waals surface area (Å²) in [5, 5.41) is 6.06. The van der Waals surface area contributed by atoms with Crippen molar-refractivity contribution in [2.45, 2.75) is 45.2 Å². The number of aromatic nitrogens is 2. The molecule has 0 saturated heterocycles. The van der Waals surface area contributed by atoms with Crippen LogP contribution in [0.3, 0.4) is 0 Å². The van der Waals surface area contributed by atoms with Gasteiger partial charge in [-0.1, -0.05) is 56.0 Å². The first-order chi connectivity index (χ1) is 14.8. The summed E-state index contributed by atoms with van der Waals surface area (Å²) in [5.74, 6) is -0.284. The van der Waals surface area contributed by atoms with Gasteiger partial charge in [0, 0.05) is 22.6 Å².